The number of carbonyl (C=O) groups is 2. The van der Waals surface area contributed by atoms with Gasteiger partial charge in [0.05, 0.1) is 6.61 Å². The van der Waals surface area contributed by atoms with Crippen molar-refractivity contribution in [1.29, 1.82) is 0 Å². The Balaban J connectivity index is 1.86. The molecule has 1 heterocycles. The summed E-state index contributed by atoms with van der Waals surface area (Å²) < 4.78 is 15.5. The number of phenolic OH excluding ortho intramolecular Hbond substituents is 1. The second kappa shape index (κ2) is 9.62. The molecular weight excluding hydrogens is 364 g/mol. The van der Waals surface area contributed by atoms with Crippen LogP contribution in [0, 0.1) is 0 Å². The summed E-state index contributed by atoms with van der Waals surface area (Å²) in [6.45, 7) is -0.393. The summed E-state index contributed by atoms with van der Waals surface area (Å²) in [7, 11) is 0. The molecule has 1 aromatic rings. The number of benzene rings is 1. The quantitative estimate of drug-likeness (QED) is 0.270. The Labute approximate surface area is 154 Å². The van der Waals surface area contributed by atoms with Crippen LogP contribution in [0.1, 0.15) is 12.0 Å². The first-order valence-electron chi connectivity index (χ1n) is 8.24. The van der Waals surface area contributed by atoms with Crippen LogP contribution in [0.4, 0.5) is 0 Å². The molecule has 0 aromatic heterocycles. The zero-order valence-corrected chi connectivity index (χ0v) is 14.3. The number of hydrogen-bond donors (Lipinski definition) is 5. The fourth-order valence-electron chi connectivity index (χ4n) is 2.50. The number of aliphatic hydroxyl groups excluding tert-OH is 3. The average Bonchev–Trinajstić information content (AvgIpc) is 2.62. The molecule has 0 saturated carbocycles. The smallest absolute Gasteiger partial charge is 0.317 e. The van der Waals surface area contributed by atoms with E-state index < -0.39 is 55.7 Å². The van der Waals surface area contributed by atoms with Crippen molar-refractivity contribution in [2.45, 2.75) is 43.5 Å². The Hall–Kier alpha value is -2.24. The Bertz CT molecular complexity index is 631. The molecule has 0 unspecified atom stereocenters. The fourth-order valence-corrected chi connectivity index (χ4v) is 2.50. The summed E-state index contributed by atoms with van der Waals surface area (Å²) in [5.74, 6) is -2.26. The van der Waals surface area contributed by atoms with Gasteiger partial charge in [-0.1, -0.05) is 12.1 Å². The Morgan fingerprint density at radius 2 is 1.70 bits per heavy atom. The lowest BCUT2D eigenvalue weighted by Crippen LogP contribution is -2.59. The molecule has 5 N–H and O–H groups in total. The van der Waals surface area contributed by atoms with E-state index in [0.717, 1.165) is 5.56 Å². The first-order chi connectivity index (χ1) is 12.8. The van der Waals surface area contributed by atoms with E-state index in [-0.39, 0.29) is 12.4 Å². The van der Waals surface area contributed by atoms with E-state index in [2.05, 4.69) is 0 Å². The van der Waals surface area contributed by atoms with Gasteiger partial charge in [0.15, 0.2) is 6.29 Å². The Morgan fingerprint density at radius 3 is 2.33 bits per heavy atom. The summed E-state index contributed by atoms with van der Waals surface area (Å²) >= 11 is 0. The zero-order chi connectivity index (χ0) is 20.0. The van der Waals surface area contributed by atoms with Crippen LogP contribution in [0.25, 0.3) is 0 Å². The van der Waals surface area contributed by atoms with Gasteiger partial charge in [-0.15, -0.1) is 0 Å². The van der Waals surface area contributed by atoms with E-state index in [1.165, 1.54) is 12.1 Å². The normalized spacial score (nSPS) is 27.9. The number of aliphatic hydroxyl groups is 3. The van der Waals surface area contributed by atoms with E-state index in [0.29, 0.717) is 6.42 Å². The van der Waals surface area contributed by atoms with Gasteiger partial charge in [-0.05, 0) is 24.1 Å². The summed E-state index contributed by atoms with van der Waals surface area (Å²) in [5, 5.41) is 47.6. The van der Waals surface area contributed by atoms with E-state index in [1.54, 1.807) is 12.1 Å². The molecule has 0 radical (unpaired) electrons. The number of carboxylic acid groups (broad SMARTS) is 1. The molecule has 0 amide bonds. The van der Waals surface area contributed by atoms with Crippen LogP contribution >= 0.6 is 0 Å². The molecule has 1 saturated heterocycles. The highest BCUT2D eigenvalue weighted by molar-refractivity contribution is 5.90. The van der Waals surface area contributed by atoms with Crippen molar-refractivity contribution in [2.24, 2.45) is 0 Å². The number of carboxylic acids is 1. The van der Waals surface area contributed by atoms with E-state index in [9.17, 15) is 30.0 Å². The first-order valence-corrected chi connectivity index (χ1v) is 8.24. The van der Waals surface area contributed by atoms with E-state index >= 15 is 0 Å². The minimum atomic E-state index is -1.60. The van der Waals surface area contributed by atoms with E-state index in [1.807, 2.05) is 0 Å². The predicted molar refractivity (Wildman–Crippen MR) is 87.7 cm³/mol. The highest BCUT2D eigenvalue weighted by Crippen LogP contribution is 2.23. The number of phenols is 1. The fraction of sp³-hybridized carbons (Fsp3) is 0.529. The van der Waals surface area contributed by atoms with Gasteiger partial charge >= 0.3 is 11.9 Å². The van der Waals surface area contributed by atoms with Crippen molar-refractivity contribution in [2.75, 3.05) is 13.2 Å². The van der Waals surface area contributed by atoms with Gasteiger partial charge < -0.3 is 39.7 Å². The second-order valence-corrected chi connectivity index (χ2v) is 6.06. The third kappa shape index (κ3) is 6.15. The van der Waals surface area contributed by atoms with Crippen LogP contribution in [0.5, 0.6) is 5.75 Å². The number of hydrogen-bond acceptors (Lipinski definition) is 9. The van der Waals surface area contributed by atoms with Crippen LogP contribution in [-0.4, -0.2) is 81.4 Å². The van der Waals surface area contributed by atoms with Gasteiger partial charge in [0.2, 0.25) is 0 Å². The second-order valence-electron chi connectivity index (χ2n) is 6.06. The highest BCUT2D eigenvalue weighted by atomic mass is 16.7. The summed E-state index contributed by atoms with van der Waals surface area (Å²) in [6.07, 6.45) is -7.55. The molecule has 27 heavy (non-hydrogen) atoms. The summed E-state index contributed by atoms with van der Waals surface area (Å²) in [6, 6.07) is 6.42. The standard InChI is InChI=1S/C17H22O10/c18-10-3-1-9(2-4-10)5-6-25-17-16(24)15(23)14(22)11(27-17)8-26-13(21)7-12(19)20/h1-4,11,14-18,22-24H,5-8H2,(H,19,20)/t11-,14-,15+,16-,17+/m1/s1. The van der Waals surface area contributed by atoms with Gasteiger partial charge in [0.25, 0.3) is 0 Å². The van der Waals surface area contributed by atoms with Crippen LogP contribution in [0.3, 0.4) is 0 Å². The Kier molecular flexibility index (Phi) is 7.51. The lowest BCUT2D eigenvalue weighted by Gasteiger charge is -2.39. The number of aromatic hydroxyl groups is 1. The van der Waals surface area contributed by atoms with Crippen LogP contribution in [-0.2, 0) is 30.2 Å². The number of aliphatic carboxylic acids is 1. The molecule has 0 aliphatic carbocycles. The number of ether oxygens (including phenoxy) is 3. The van der Waals surface area contributed by atoms with Crippen molar-refractivity contribution >= 4 is 11.9 Å². The number of esters is 1. The average molecular weight is 386 g/mol. The van der Waals surface area contributed by atoms with Crippen LogP contribution < -0.4 is 0 Å². The summed E-state index contributed by atoms with van der Waals surface area (Å²) in [4.78, 5) is 21.7. The van der Waals surface area contributed by atoms with Crippen molar-refractivity contribution in [3.8, 4) is 5.75 Å². The molecule has 1 aromatic carbocycles. The van der Waals surface area contributed by atoms with Crippen LogP contribution in [0.15, 0.2) is 24.3 Å². The number of rotatable bonds is 8. The largest absolute Gasteiger partial charge is 0.508 e. The molecule has 0 bridgehead atoms. The van der Waals surface area contributed by atoms with Crippen molar-refractivity contribution in [3.63, 3.8) is 0 Å². The predicted octanol–water partition coefficient (Wildman–Crippen LogP) is -1.22. The molecule has 1 aliphatic rings. The van der Waals surface area contributed by atoms with Gasteiger partial charge in [0, 0.05) is 0 Å². The van der Waals surface area contributed by atoms with Crippen molar-refractivity contribution in [1.82, 2.24) is 0 Å². The lowest BCUT2D eigenvalue weighted by atomic mass is 9.99. The van der Waals surface area contributed by atoms with Gasteiger partial charge in [-0.2, -0.15) is 0 Å². The van der Waals surface area contributed by atoms with Gasteiger partial charge in [0.1, 0.15) is 43.2 Å². The van der Waals surface area contributed by atoms with Gasteiger partial charge in [-0.3, -0.25) is 9.59 Å². The minimum Gasteiger partial charge on any atom is -0.508 e. The molecule has 150 valence electrons. The third-order valence-corrected chi connectivity index (χ3v) is 3.98. The summed E-state index contributed by atoms with van der Waals surface area (Å²) in [5.41, 5.74) is 0.859. The maximum atomic E-state index is 11.3. The van der Waals surface area contributed by atoms with Crippen molar-refractivity contribution in [3.05, 3.63) is 29.8 Å². The van der Waals surface area contributed by atoms with Gasteiger partial charge in [-0.25, -0.2) is 0 Å². The lowest BCUT2D eigenvalue weighted by molar-refractivity contribution is -0.301. The highest BCUT2D eigenvalue weighted by Gasteiger charge is 2.44. The molecule has 5 atom stereocenters. The first kappa shape index (κ1) is 21.1. The molecule has 10 nitrogen and oxygen atoms in total. The van der Waals surface area contributed by atoms with Crippen LogP contribution in [0.2, 0.25) is 0 Å². The minimum absolute atomic E-state index is 0.112. The number of carbonyl (C=O) groups excluding carboxylic acids is 1. The monoisotopic (exact) mass is 386 g/mol. The maximum Gasteiger partial charge on any atom is 0.317 e. The zero-order valence-electron chi connectivity index (χ0n) is 14.3. The molecule has 10 heteroatoms. The topological polar surface area (TPSA) is 163 Å². The Morgan fingerprint density at radius 1 is 1.04 bits per heavy atom. The SMILES string of the molecule is O=C(O)CC(=O)OC[C@H]1O[C@H](OCCc2ccc(O)cc2)[C@H](O)[C@@H](O)[C@@H]1O. The molecular formula is C17H22O10. The van der Waals surface area contributed by atoms with Crippen molar-refractivity contribution < 1.29 is 49.3 Å². The third-order valence-electron chi connectivity index (χ3n) is 3.98. The maximum absolute atomic E-state index is 11.3. The molecule has 2 rings (SSSR count). The molecule has 0 spiro atoms. The molecule has 1 fully saturated rings. The molecule has 1 aliphatic heterocycles. The van der Waals surface area contributed by atoms with E-state index in [4.69, 9.17) is 19.3 Å².